The Morgan fingerprint density at radius 2 is 1.86 bits per heavy atom. The number of rotatable bonds is 6. The number of aryl methyl sites for hydroxylation is 2. The van der Waals surface area contributed by atoms with Crippen molar-refractivity contribution >= 4 is 23.2 Å². The number of halogens is 2. The largest absolute Gasteiger partial charge is 0.310 e. The van der Waals surface area contributed by atoms with Crippen LogP contribution in [0.5, 0.6) is 0 Å². The van der Waals surface area contributed by atoms with Gasteiger partial charge in [0.2, 0.25) is 0 Å². The molecule has 0 aliphatic rings. The highest BCUT2D eigenvalue weighted by Gasteiger charge is 2.15. The molecule has 21 heavy (non-hydrogen) atoms. The molecule has 0 fully saturated rings. The molecule has 0 aliphatic carbocycles. The van der Waals surface area contributed by atoms with E-state index < -0.39 is 0 Å². The van der Waals surface area contributed by atoms with Crippen molar-refractivity contribution in [3.63, 3.8) is 0 Å². The second kappa shape index (κ2) is 7.30. The van der Waals surface area contributed by atoms with Crippen LogP contribution in [0.2, 0.25) is 10.0 Å². The Labute approximate surface area is 136 Å². The first-order valence-electron chi connectivity index (χ1n) is 7.18. The predicted molar refractivity (Wildman–Crippen MR) is 89.1 cm³/mol. The minimum atomic E-state index is 0.177. The molecule has 1 atom stereocenters. The molecule has 114 valence electrons. The Bertz CT molecular complexity index is 587. The van der Waals surface area contributed by atoms with Crippen LogP contribution >= 0.6 is 23.2 Å². The molecular weight excluding hydrogens is 305 g/mol. The van der Waals surface area contributed by atoms with Gasteiger partial charge in [-0.3, -0.25) is 4.68 Å². The third-order valence-corrected chi connectivity index (χ3v) is 3.88. The van der Waals surface area contributed by atoms with Crippen LogP contribution in [0.4, 0.5) is 0 Å². The summed E-state index contributed by atoms with van der Waals surface area (Å²) in [6, 6.07) is 8.01. The van der Waals surface area contributed by atoms with Gasteiger partial charge in [-0.25, -0.2) is 0 Å². The van der Waals surface area contributed by atoms with Gasteiger partial charge in [-0.2, -0.15) is 5.10 Å². The van der Waals surface area contributed by atoms with Gasteiger partial charge in [0.05, 0.1) is 5.69 Å². The van der Waals surface area contributed by atoms with Gasteiger partial charge in [-0.1, -0.05) is 30.1 Å². The van der Waals surface area contributed by atoms with E-state index in [4.69, 9.17) is 23.2 Å². The van der Waals surface area contributed by atoms with Gasteiger partial charge in [0, 0.05) is 35.2 Å². The van der Waals surface area contributed by atoms with Crippen molar-refractivity contribution in [2.24, 2.45) is 7.05 Å². The molecule has 0 radical (unpaired) electrons. The molecule has 0 amide bonds. The summed E-state index contributed by atoms with van der Waals surface area (Å²) in [6.07, 6.45) is 1.93. The maximum absolute atomic E-state index is 6.14. The molecule has 2 rings (SSSR count). The maximum Gasteiger partial charge on any atom is 0.0596 e. The van der Waals surface area contributed by atoms with E-state index in [0.717, 1.165) is 30.6 Å². The van der Waals surface area contributed by atoms with Crippen molar-refractivity contribution in [1.29, 1.82) is 0 Å². The van der Waals surface area contributed by atoms with Crippen molar-refractivity contribution in [2.75, 3.05) is 6.54 Å². The van der Waals surface area contributed by atoms with Gasteiger partial charge in [0.1, 0.15) is 0 Å². The first kappa shape index (κ1) is 16.3. The highest BCUT2D eigenvalue weighted by Crippen LogP contribution is 2.26. The van der Waals surface area contributed by atoms with E-state index in [1.165, 1.54) is 5.69 Å². The summed E-state index contributed by atoms with van der Waals surface area (Å²) in [5.74, 6) is 0. The smallest absolute Gasteiger partial charge is 0.0596 e. The van der Waals surface area contributed by atoms with Crippen LogP contribution in [0, 0.1) is 6.92 Å². The number of hydrogen-bond acceptors (Lipinski definition) is 2. The summed E-state index contributed by atoms with van der Waals surface area (Å²) in [6.45, 7) is 5.11. The molecule has 1 aromatic heterocycles. The van der Waals surface area contributed by atoms with E-state index in [0.29, 0.717) is 10.0 Å². The van der Waals surface area contributed by atoms with Crippen LogP contribution in [0.15, 0.2) is 24.3 Å². The van der Waals surface area contributed by atoms with Crippen LogP contribution in [-0.2, 0) is 13.5 Å². The fourth-order valence-electron chi connectivity index (χ4n) is 2.47. The monoisotopic (exact) mass is 325 g/mol. The van der Waals surface area contributed by atoms with Gasteiger partial charge in [-0.15, -0.1) is 0 Å². The Morgan fingerprint density at radius 1 is 1.19 bits per heavy atom. The van der Waals surface area contributed by atoms with Crippen LogP contribution in [0.25, 0.3) is 0 Å². The summed E-state index contributed by atoms with van der Waals surface area (Å²) in [7, 11) is 1.98. The van der Waals surface area contributed by atoms with E-state index in [1.54, 1.807) is 6.07 Å². The third-order valence-electron chi connectivity index (χ3n) is 3.44. The molecule has 5 heteroatoms. The minimum absolute atomic E-state index is 0.177. The lowest BCUT2D eigenvalue weighted by Gasteiger charge is -2.19. The average molecular weight is 326 g/mol. The van der Waals surface area contributed by atoms with E-state index in [2.05, 4.69) is 23.4 Å². The zero-order chi connectivity index (χ0) is 15.4. The molecular formula is C16H21Cl2N3. The fourth-order valence-corrected chi connectivity index (χ4v) is 3.01. The van der Waals surface area contributed by atoms with Gasteiger partial charge in [-0.05, 0) is 49.7 Å². The molecule has 3 nitrogen and oxygen atoms in total. The highest BCUT2D eigenvalue weighted by molar-refractivity contribution is 6.34. The van der Waals surface area contributed by atoms with Gasteiger partial charge in [0.15, 0.2) is 0 Å². The maximum atomic E-state index is 6.14. The van der Waals surface area contributed by atoms with Crippen molar-refractivity contribution in [2.45, 2.75) is 32.7 Å². The number of nitrogens with zero attached hydrogens (tertiary/aromatic N) is 2. The molecule has 2 aromatic rings. The van der Waals surface area contributed by atoms with Crippen molar-refractivity contribution in [1.82, 2.24) is 15.1 Å². The van der Waals surface area contributed by atoms with E-state index in [1.807, 2.05) is 30.8 Å². The van der Waals surface area contributed by atoms with Crippen molar-refractivity contribution < 1.29 is 0 Å². The SMILES string of the molecule is CCCNC(Cc1cc(C)nn1C)c1cc(Cl)cc(Cl)c1. The van der Waals surface area contributed by atoms with E-state index in [9.17, 15) is 0 Å². The Hall–Kier alpha value is -1.03. The summed E-state index contributed by atoms with van der Waals surface area (Å²) < 4.78 is 1.93. The van der Waals surface area contributed by atoms with Gasteiger partial charge >= 0.3 is 0 Å². The van der Waals surface area contributed by atoms with Crippen LogP contribution in [0.1, 0.15) is 36.3 Å². The van der Waals surface area contributed by atoms with Crippen molar-refractivity contribution in [3.8, 4) is 0 Å². The van der Waals surface area contributed by atoms with Crippen LogP contribution in [0.3, 0.4) is 0 Å². The first-order valence-corrected chi connectivity index (χ1v) is 7.94. The second-order valence-electron chi connectivity index (χ2n) is 5.31. The van der Waals surface area contributed by atoms with Gasteiger partial charge < -0.3 is 5.32 Å². The fraction of sp³-hybridized carbons (Fsp3) is 0.438. The molecule has 0 bridgehead atoms. The standard InChI is InChI=1S/C16H21Cl2N3/c1-4-5-19-16(10-15-6-11(2)20-21(15)3)12-7-13(17)9-14(18)8-12/h6-9,16,19H,4-5,10H2,1-3H3. The summed E-state index contributed by atoms with van der Waals surface area (Å²) in [4.78, 5) is 0. The quantitative estimate of drug-likeness (QED) is 0.857. The number of nitrogens with one attached hydrogen (secondary N) is 1. The molecule has 0 saturated heterocycles. The Kier molecular flexibility index (Phi) is 5.68. The molecule has 0 spiro atoms. The summed E-state index contributed by atoms with van der Waals surface area (Å²) >= 11 is 12.3. The number of hydrogen-bond donors (Lipinski definition) is 1. The lowest BCUT2D eigenvalue weighted by molar-refractivity contribution is 0.512. The predicted octanol–water partition coefficient (Wildman–Crippen LogP) is 4.32. The molecule has 1 aromatic carbocycles. The highest BCUT2D eigenvalue weighted by atomic mass is 35.5. The first-order chi connectivity index (χ1) is 9.99. The van der Waals surface area contributed by atoms with Crippen LogP contribution in [-0.4, -0.2) is 16.3 Å². The lowest BCUT2D eigenvalue weighted by Crippen LogP contribution is -2.25. The average Bonchev–Trinajstić information content (AvgIpc) is 2.71. The van der Waals surface area contributed by atoms with Crippen molar-refractivity contribution in [3.05, 3.63) is 51.3 Å². The molecule has 1 unspecified atom stereocenters. The second-order valence-corrected chi connectivity index (χ2v) is 6.19. The molecule has 1 N–H and O–H groups in total. The minimum Gasteiger partial charge on any atom is -0.310 e. The Balaban J connectivity index is 2.27. The molecule has 0 saturated carbocycles. The van der Waals surface area contributed by atoms with Gasteiger partial charge in [0.25, 0.3) is 0 Å². The normalized spacial score (nSPS) is 12.6. The molecule has 0 aliphatic heterocycles. The lowest BCUT2D eigenvalue weighted by atomic mass is 10.0. The molecule has 1 heterocycles. The summed E-state index contributed by atoms with van der Waals surface area (Å²) in [5, 5.41) is 9.31. The van der Waals surface area contributed by atoms with E-state index in [-0.39, 0.29) is 6.04 Å². The van der Waals surface area contributed by atoms with E-state index >= 15 is 0 Å². The third kappa shape index (κ3) is 4.47. The van der Waals surface area contributed by atoms with Crippen LogP contribution < -0.4 is 5.32 Å². The topological polar surface area (TPSA) is 29.9 Å². The Morgan fingerprint density at radius 3 is 2.38 bits per heavy atom. The number of benzene rings is 1. The summed E-state index contributed by atoms with van der Waals surface area (Å²) in [5.41, 5.74) is 3.34. The zero-order valence-corrected chi connectivity index (χ0v) is 14.2. The number of aromatic nitrogens is 2. The zero-order valence-electron chi connectivity index (χ0n) is 12.7.